The Morgan fingerprint density at radius 1 is 1.09 bits per heavy atom. The van der Waals surface area contributed by atoms with Crippen LogP contribution in [0.2, 0.25) is 0 Å². The highest BCUT2D eigenvalue weighted by Crippen LogP contribution is 2.34. The van der Waals surface area contributed by atoms with Gasteiger partial charge in [-0.05, 0) is 31.2 Å². The molecule has 0 saturated heterocycles. The SMILES string of the molecule is CCOc1nccc(-c2c3cccnc3n3c(N)nccc23)n1. The molecule has 4 aromatic rings. The third-order valence-electron chi connectivity index (χ3n) is 3.60. The maximum Gasteiger partial charge on any atom is 0.316 e. The average molecular weight is 306 g/mol. The minimum atomic E-state index is 0.350. The van der Waals surface area contributed by atoms with Crippen molar-refractivity contribution in [2.75, 3.05) is 12.3 Å². The fourth-order valence-corrected chi connectivity index (χ4v) is 2.71. The minimum Gasteiger partial charge on any atom is -0.464 e. The molecule has 4 rings (SSSR count). The van der Waals surface area contributed by atoms with Gasteiger partial charge in [0.05, 0.1) is 17.8 Å². The van der Waals surface area contributed by atoms with Crippen molar-refractivity contribution < 1.29 is 4.74 Å². The number of ether oxygens (including phenoxy) is 1. The highest BCUT2D eigenvalue weighted by atomic mass is 16.5. The van der Waals surface area contributed by atoms with E-state index in [1.165, 1.54) is 0 Å². The number of hydrogen-bond donors (Lipinski definition) is 1. The quantitative estimate of drug-likeness (QED) is 0.624. The fourth-order valence-electron chi connectivity index (χ4n) is 2.71. The van der Waals surface area contributed by atoms with Crippen molar-refractivity contribution >= 4 is 22.5 Å². The zero-order chi connectivity index (χ0) is 15.8. The Kier molecular flexibility index (Phi) is 3.04. The summed E-state index contributed by atoms with van der Waals surface area (Å²) < 4.78 is 7.24. The summed E-state index contributed by atoms with van der Waals surface area (Å²) in [7, 11) is 0. The summed E-state index contributed by atoms with van der Waals surface area (Å²) in [4.78, 5) is 17.2. The molecule has 4 heterocycles. The third kappa shape index (κ3) is 2.05. The van der Waals surface area contributed by atoms with Gasteiger partial charge >= 0.3 is 6.01 Å². The molecule has 0 radical (unpaired) electrons. The summed E-state index contributed by atoms with van der Waals surface area (Å²) in [6.07, 6.45) is 5.10. The molecular weight excluding hydrogens is 292 g/mol. The van der Waals surface area contributed by atoms with Crippen LogP contribution >= 0.6 is 0 Å². The monoisotopic (exact) mass is 306 g/mol. The van der Waals surface area contributed by atoms with Crippen molar-refractivity contribution in [1.29, 1.82) is 0 Å². The van der Waals surface area contributed by atoms with Gasteiger partial charge in [0.25, 0.3) is 0 Å². The van der Waals surface area contributed by atoms with Crippen LogP contribution in [0.1, 0.15) is 6.92 Å². The van der Waals surface area contributed by atoms with Crippen LogP contribution in [0.3, 0.4) is 0 Å². The summed E-state index contributed by atoms with van der Waals surface area (Å²) in [5, 5.41) is 0.952. The van der Waals surface area contributed by atoms with E-state index in [1.54, 1.807) is 18.6 Å². The molecule has 0 amide bonds. The van der Waals surface area contributed by atoms with Gasteiger partial charge in [-0.15, -0.1) is 0 Å². The lowest BCUT2D eigenvalue weighted by Crippen LogP contribution is -2.00. The molecule has 0 unspecified atom stereocenters. The Bertz CT molecular complexity index is 1010. The highest BCUT2D eigenvalue weighted by Gasteiger charge is 2.17. The first-order chi connectivity index (χ1) is 11.3. The van der Waals surface area contributed by atoms with Crippen molar-refractivity contribution in [1.82, 2.24) is 24.3 Å². The van der Waals surface area contributed by atoms with Gasteiger partial charge in [-0.25, -0.2) is 15.0 Å². The van der Waals surface area contributed by atoms with Gasteiger partial charge in [0, 0.05) is 29.5 Å². The largest absolute Gasteiger partial charge is 0.464 e. The number of nitrogens with zero attached hydrogens (tertiary/aromatic N) is 5. The van der Waals surface area contributed by atoms with Crippen molar-refractivity contribution in [3.63, 3.8) is 0 Å². The molecule has 0 aliphatic rings. The van der Waals surface area contributed by atoms with E-state index in [-0.39, 0.29) is 0 Å². The Balaban J connectivity index is 2.09. The van der Waals surface area contributed by atoms with Gasteiger partial charge < -0.3 is 10.5 Å². The number of aromatic nitrogens is 5. The molecule has 114 valence electrons. The van der Waals surface area contributed by atoms with Crippen molar-refractivity contribution in [2.24, 2.45) is 0 Å². The van der Waals surface area contributed by atoms with Crippen LogP contribution in [-0.4, -0.2) is 30.9 Å². The van der Waals surface area contributed by atoms with E-state index in [0.29, 0.717) is 18.6 Å². The van der Waals surface area contributed by atoms with Crippen molar-refractivity contribution in [3.8, 4) is 17.3 Å². The molecule has 0 bridgehead atoms. The van der Waals surface area contributed by atoms with Gasteiger partial charge in [0.1, 0.15) is 5.65 Å². The third-order valence-corrected chi connectivity index (χ3v) is 3.60. The normalized spacial score (nSPS) is 11.2. The van der Waals surface area contributed by atoms with E-state index in [0.717, 1.165) is 27.8 Å². The number of hydrogen-bond acceptors (Lipinski definition) is 6. The standard InChI is InChI=1S/C16H14N6O/c1-2-23-16-20-8-5-11(21-16)13-10-4-3-7-18-14(10)22-12(13)6-9-19-15(22)17/h3-9H,2H2,1H3,(H2,17,19). The van der Waals surface area contributed by atoms with E-state index in [1.807, 2.05) is 35.6 Å². The number of nitrogens with two attached hydrogens (primary N) is 1. The van der Waals surface area contributed by atoms with Crippen LogP contribution in [0.4, 0.5) is 5.95 Å². The van der Waals surface area contributed by atoms with Crippen LogP contribution in [0.15, 0.2) is 42.9 Å². The number of fused-ring (bicyclic) bond motifs is 3. The molecule has 2 N–H and O–H groups in total. The van der Waals surface area contributed by atoms with Crippen LogP contribution in [-0.2, 0) is 0 Å². The number of nitrogen functional groups attached to an aromatic ring is 1. The molecule has 0 atom stereocenters. The summed E-state index contributed by atoms with van der Waals surface area (Å²) in [5.74, 6) is 0.386. The zero-order valence-electron chi connectivity index (χ0n) is 12.5. The first-order valence-electron chi connectivity index (χ1n) is 7.25. The molecule has 0 saturated carbocycles. The van der Waals surface area contributed by atoms with Gasteiger partial charge in [0.15, 0.2) is 0 Å². The van der Waals surface area contributed by atoms with Crippen LogP contribution in [0.5, 0.6) is 6.01 Å². The Hall–Kier alpha value is -3.22. The molecule has 0 fully saturated rings. The van der Waals surface area contributed by atoms with E-state index in [9.17, 15) is 0 Å². The topological polar surface area (TPSA) is 91.2 Å². The van der Waals surface area contributed by atoms with Crippen LogP contribution in [0.25, 0.3) is 27.8 Å². The number of anilines is 1. The fraction of sp³-hybridized carbons (Fsp3) is 0.125. The maximum atomic E-state index is 6.05. The first-order valence-corrected chi connectivity index (χ1v) is 7.25. The molecule has 0 aliphatic carbocycles. The van der Waals surface area contributed by atoms with Gasteiger partial charge in [-0.3, -0.25) is 4.40 Å². The zero-order valence-corrected chi connectivity index (χ0v) is 12.5. The summed E-state index contributed by atoms with van der Waals surface area (Å²) in [6.45, 7) is 2.41. The summed E-state index contributed by atoms with van der Waals surface area (Å²) >= 11 is 0. The maximum absolute atomic E-state index is 6.05. The Morgan fingerprint density at radius 3 is 2.83 bits per heavy atom. The molecule has 4 aromatic heterocycles. The highest BCUT2D eigenvalue weighted by molar-refractivity contribution is 6.03. The van der Waals surface area contributed by atoms with Crippen molar-refractivity contribution in [2.45, 2.75) is 6.92 Å². The molecule has 0 aliphatic heterocycles. The Morgan fingerprint density at radius 2 is 1.96 bits per heavy atom. The molecule has 7 nitrogen and oxygen atoms in total. The number of pyridine rings is 1. The van der Waals surface area contributed by atoms with Crippen LogP contribution < -0.4 is 10.5 Å². The lowest BCUT2D eigenvalue weighted by molar-refractivity contribution is 0.313. The Labute approximate surface area is 131 Å². The smallest absolute Gasteiger partial charge is 0.316 e. The molecular formula is C16H14N6O. The minimum absolute atomic E-state index is 0.350. The van der Waals surface area contributed by atoms with E-state index < -0.39 is 0 Å². The second-order valence-corrected chi connectivity index (χ2v) is 4.93. The predicted octanol–water partition coefficient (Wildman–Crippen LogP) is 2.32. The van der Waals surface area contributed by atoms with Crippen LogP contribution in [0, 0.1) is 0 Å². The van der Waals surface area contributed by atoms with E-state index in [2.05, 4.69) is 19.9 Å². The molecule has 0 aromatic carbocycles. The van der Waals surface area contributed by atoms with E-state index >= 15 is 0 Å². The van der Waals surface area contributed by atoms with Gasteiger partial charge in [0.2, 0.25) is 5.95 Å². The molecule has 0 spiro atoms. The van der Waals surface area contributed by atoms with Crippen molar-refractivity contribution in [3.05, 3.63) is 42.9 Å². The molecule has 7 heteroatoms. The second-order valence-electron chi connectivity index (χ2n) is 4.93. The lowest BCUT2D eigenvalue weighted by Gasteiger charge is -2.04. The number of rotatable bonds is 3. The second kappa shape index (κ2) is 5.20. The predicted molar refractivity (Wildman–Crippen MR) is 87.1 cm³/mol. The van der Waals surface area contributed by atoms with Gasteiger partial charge in [-0.2, -0.15) is 4.98 Å². The van der Waals surface area contributed by atoms with E-state index in [4.69, 9.17) is 10.5 Å². The molecule has 23 heavy (non-hydrogen) atoms. The lowest BCUT2D eigenvalue weighted by atomic mass is 10.1. The summed E-state index contributed by atoms with van der Waals surface area (Å²) in [5.41, 5.74) is 9.39. The average Bonchev–Trinajstić information content (AvgIpc) is 2.91. The van der Waals surface area contributed by atoms with Gasteiger partial charge in [-0.1, -0.05) is 0 Å². The summed E-state index contributed by atoms with van der Waals surface area (Å²) in [6, 6.07) is 7.98. The first kappa shape index (κ1) is 13.4.